The van der Waals surface area contributed by atoms with Crippen molar-refractivity contribution in [3.63, 3.8) is 0 Å². The van der Waals surface area contributed by atoms with Gasteiger partial charge < -0.3 is 15.8 Å². The number of hydrogen-bond donors (Lipinski definition) is 3. The van der Waals surface area contributed by atoms with Crippen LogP contribution in [0, 0.1) is 0 Å². The molecule has 0 aliphatic heterocycles. The molecule has 0 saturated heterocycles. The number of H-pyrrole nitrogens is 1. The van der Waals surface area contributed by atoms with E-state index < -0.39 is 11.7 Å². The van der Waals surface area contributed by atoms with E-state index in [1.54, 1.807) is 6.20 Å². The lowest BCUT2D eigenvalue weighted by atomic mass is 10.0. The van der Waals surface area contributed by atoms with Gasteiger partial charge in [0, 0.05) is 17.5 Å². The van der Waals surface area contributed by atoms with Crippen LogP contribution in [-0.2, 0) is 4.74 Å². The summed E-state index contributed by atoms with van der Waals surface area (Å²) in [6.45, 7) is 5.73. The molecule has 1 aromatic carbocycles. The van der Waals surface area contributed by atoms with Crippen LogP contribution < -0.4 is 11.1 Å². The van der Waals surface area contributed by atoms with Gasteiger partial charge in [0.2, 0.25) is 0 Å². The molecule has 6 nitrogen and oxygen atoms in total. The SMILES string of the molecule is CC(C)(C)OC(=O)NC(CN)c1cccc2cn[nH]c12. The molecule has 1 amide bonds. The van der Waals surface area contributed by atoms with Crippen molar-refractivity contribution in [2.45, 2.75) is 32.4 Å². The maximum atomic E-state index is 11.9. The summed E-state index contributed by atoms with van der Waals surface area (Å²) in [5, 5.41) is 10.7. The van der Waals surface area contributed by atoms with Crippen LogP contribution >= 0.6 is 0 Å². The summed E-state index contributed by atoms with van der Waals surface area (Å²) in [7, 11) is 0. The Kier molecular flexibility index (Phi) is 3.94. The number of para-hydroxylation sites is 1. The zero-order valence-corrected chi connectivity index (χ0v) is 11.9. The number of carbonyl (C=O) groups excluding carboxylic acids is 1. The molecule has 4 N–H and O–H groups in total. The number of aromatic amines is 1. The molecule has 0 radical (unpaired) electrons. The molecular weight excluding hydrogens is 256 g/mol. The molecule has 108 valence electrons. The van der Waals surface area contributed by atoms with Crippen molar-refractivity contribution in [3.05, 3.63) is 30.0 Å². The van der Waals surface area contributed by atoms with Crippen LogP contribution in [0.3, 0.4) is 0 Å². The summed E-state index contributed by atoms with van der Waals surface area (Å²) in [4.78, 5) is 11.9. The van der Waals surface area contributed by atoms with Crippen molar-refractivity contribution in [1.29, 1.82) is 0 Å². The number of rotatable bonds is 3. The van der Waals surface area contributed by atoms with E-state index in [1.165, 1.54) is 0 Å². The second kappa shape index (κ2) is 5.50. The first-order chi connectivity index (χ1) is 9.40. The largest absolute Gasteiger partial charge is 0.444 e. The molecule has 0 aliphatic carbocycles. The Morgan fingerprint density at radius 3 is 2.90 bits per heavy atom. The van der Waals surface area contributed by atoms with Crippen LogP contribution in [0.5, 0.6) is 0 Å². The second-order valence-corrected chi connectivity index (χ2v) is 5.62. The fourth-order valence-electron chi connectivity index (χ4n) is 2.00. The smallest absolute Gasteiger partial charge is 0.408 e. The lowest BCUT2D eigenvalue weighted by molar-refractivity contribution is 0.0505. The Bertz CT molecular complexity index is 600. The predicted octanol–water partition coefficient (Wildman–Crippen LogP) is 2.09. The molecule has 0 spiro atoms. The third-order valence-electron chi connectivity index (χ3n) is 2.81. The van der Waals surface area contributed by atoms with Crippen molar-refractivity contribution in [2.24, 2.45) is 5.73 Å². The van der Waals surface area contributed by atoms with Crippen LogP contribution in [0.4, 0.5) is 4.79 Å². The Morgan fingerprint density at radius 2 is 2.25 bits per heavy atom. The third kappa shape index (κ3) is 3.27. The van der Waals surface area contributed by atoms with Gasteiger partial charge in [0.05, 0.1) is 17.8 Å². The van der Waals surface area contributed by atoms with E-state index in [2.05, 4.69) is 15.5 Å². The summed E-state index contributed by atoms with van der Waals surface area (Å²) in [5.74, 6) is 0. The topological polar surface area (TPSA) is 93.0 Å². The van der Waals surface area contributed by atoms with Crippen molar-refractivity contribution < 1.29 is 9.53 Å². The number of hydrogen-bond acceptors (Lipinski definition) is 4. The number of ether oxygens (including phenoxy) is 1. The van der Waals surface area contributed by atoms with Crippen LogP contribution in [0.25, 0.3) is 10.9 Å². The minimum absolute atomic E-state index is 0.275. The minimum Gasteiger partial charge on any atom is -0.444 e. The maximum Gasteiger partial charge on any atom is 0.408 e. The predicted molar refractivity (Wildman–Crippen MR) is 77.3 cm³/mol. The first-order valence-electron chi connectivity index (χ1n) is 6.52. The Hall–Kier alpha value is -2.08. The molecule has 0 fully saturated rings. The molecule has 1 unspecified atom stereocenters. The molecule has 0 aliphatic rings. The number of fused-ring (bicyclic) bond motifs is 1. The van der Waals surface area contributed by atoms with Gasteiger partial charge >= 0.3 is 6.09 Å². The van der Waals surface area contributed by atoms with Gasteiger partial charge in [-0.2, -0.15) is 5.10 Å². The molecular formula is C14H20N4O2. The normalized spacial score (nSPS) is 13.2. The lowest BCUT2D eigenvalue weighted by Crippen LogP contribution is -2.37. The maximum absolute atomic E-state index is 11.9. The number of alkyl carbamates (subject to hydrolysis) is 1. The summed E-state index contributed by atoms with van der Waals surface area (Å²) in [6.07, 6.45) is 1.25. The number of nitrogens with zero attached hydrogens (tertiary/aromatic N) is 1. The third-order valence-corrected chi connectivity index (χ3v) is 2.81. The highest BCUT2D eigenvalue weighted by atomic mass is 16.6. The van der Waals surface area contributed by atoms with Gasteiger partial charge in [-0.25, -0.2) is 4.79 Å². The van der Waals surface area contributed by atoms with E-state index in [9.17, 15) is 4.79 Å². The molecule has 6 heteroatoms. The first kappa shape index (κ1) is 14.3. The van der Waals surface area contributed by atoms with Gasteiger partial charge in [0.15, 0.2) is 0 Å². The van der Waals surface area contributed by atoms with Crippen LogP contribution in [0.2, 0.25) is 0 Å². The van der Waals surface area contributed by atoms with Crippen molar-refractivity contribution >= 4 is 17.0 Å². The molecule has 2 rings (SSSR count). The van der Waals surface area contributed by atoms with Crippen LogP contribution in [0.1, 0.15) is 32.4 Å². The average molecular weight is 276 g/mol. The minimum atomic E-state index is -0.538. The number of carbonyl (C=O) groups is 1. The van der Waals surface area contributed by atoms with E-state index >= 15 is 0 Å². The fourth-order valence-corrected chi connectivity index (χ4v) is 2.00. The zero-order chi connectivity index (χ0) is 14.8. The van der Waals surface area contributed by atoms with Gasteiger partial charge in [-0.1, -0.05) is 18.2 Å². The summed E-state index contributed by atoms with van der Waals surface area (Å²) in [5.41, 5.74) is 7.00. The quantitative estimate of drug-likeness (QED) is 0.800. The highest BCUT2D eigenvalue weighted by Crippen LogP contribution is 2.22. The number of aromatic nitrogens is 2. The molecule has 0 saturated carbocycles. The first-order valence-corrected chi connectivity index (χ1v) is 6.52. The highest BCUT2D eigenvalue weighted by Gasteiger charge is 2.21. The van der Waals surface area contributed by atoms with Crippen molar-refractivity contribution in [2.75, 3.05) is 6.54 Å². The van der Waals surface area contributed by atoms with Crippen molar-refractivity contribution in [1.82, 2.24) is 15.5 Å². The Labute approximate surface area is 117 Å². The van der Waals surface area contributed by atoms with Crippen LogP contribution in [-0.4, -0.2) is 28.4 Å². The van der Waals surface area contributed by atoms with E-state index in [0.29, 0.717) is 0 Å². The van der Waals surface area contributed by atoms with Gasteiger partial charge in [0.25, 0.3) is 0 Å². The van der Waals surface area contributed by atoms with E-state index in [1.807, 2.05) is 39.0 Å². The lowest BCUT2D eigenvalue weighted by Gasteiger charge is -2.23. The standard InChI is InChI=1S/C14H20N4O2/c1-14(2,3)20-13(19)17-11(7-15)10-6-4-5-9-8-16-18-12(9)10/h4-6,8,11H,7,15H2,1-3H3,(H,16,18)(H,17,19). The van der Waals surface area contributed by atoms with E-state index in [4.69, 9.17) is 10.5 Å². The number of benzene rings is 1. The molecule has 1 aromatic heterocycles. The highest BCUT2D eigenvalue weighted by molar-refractivity contribution is 5.82. The zero-order valence-electron chi connectivity index (χ0n) is 11.9. The molecule has 20 heavy (non-hydrogen) atoms. The van der Waals surface area contributed by atoms with Gasteiger partial charge in [-0.05, 0) is 20.8 Å². The summed E-state index contributed by atoms with van der Waals surface area (Å²) in [6, 6.07) is 5.44. The Morgan fingerprint density at radius 1 is 1.50 bits per heavy atom. The molecule has 1 atom stereocenters. The molecule has 1 heterocycles. The van der Waals surface area contributed by atoms with Gasteiger partial charge in [-0.15, -0.1) is 0 Å². The van der Waals surface area contributed by atoms with E-state index in [-0.39, 0.29) is 12.6 Å². The summed E-state index contributed by atoms with van der Waals surface area (Å²) < 4.78 is 5.25. The average Bonchev–Trinajstić information content (AvgIpc) is 2.81. The number of nitrogens with one attached hydrogen (secondary N) is 2. The number of nitrogens with two attached hydrogens (primary N) is 1. The van der Waals surface area contributed by atoms with Gasteiger partial charge in [0.1, 0.15) is 5.60 Å². The molecule has 0 bridgehead atoms. The van der Waals surface area contributed by atoms with E-state index in [0.717, 1.165) is 16.5 Å². The van der Waals surface area contributed by atoms with Gasteiger partial charge in [-0.3, -0.25) is 5.10 Å². The Balaban J connectivity index is 2.20. The molecule has 2 aromatic rings. The van der Waals surface area contributed by atoms with Crippen LogP contribution in [0.15, 0.2) is 24.4 Å². The second-order valence-electron chi connectivity index (χ2n) is 5.62. The fraction of sp³-hybridized carbons (Fsp3) is 0.429. The monoisotopic (exact) mass is 276 g/mol. The summed E-state index contributed by atoms with van der Waals surface area (Å²) >= 11 is 0. The number of amides is 1. The van der Waals surface area contributed by atoms with Crippen molar-refractivity contribution in [3.8, 4) is 0 Å².